The molecular formula is C15H23NO2S. The molecule has 1 atom stereocenters. The lowest BCUT2D eigenvalue weighted by Crippen LogP contribution is -2.34. The Bertz CT molecular complexity index is 419. The van der Waals surface area contributed by atoms with E-state index in [4.69, 9.17) is 9.84 Å². The van der Waals surface area contributed by atoms with E-state index in [1.54, 1.807) is 18.4 Å². The van der Waals surface area contributed by atoms with Crippen molar-refractivity contribution < 1.29 is 9.84 Å². The van der Waals surface area contributed by atoms with E-state index in [1.165, 1.54) is 4.88 Å². The van der Waals surface area contributed by atoms with Gasteiger partial charge in [-0.2, -0.15) is 0 Å². The summed E-state index contributed by atoms with van der Waals surface area (Å²) in [6, 6.07) is 2.55. The normalized spacial score (nSPS) is 12.3. The van der Waals surface area contributed by atoms with E-state index >= 15 is 0 Å². The molecule has 0 saturated heterocycles. The van der Waals surface area contributed by atoms with Crippen molar-refractivity contribution in [1.29, 1.82) is 0 Å². The Morgan fingerprint density at radius 3 is 2.95 bits per heavy atom. The van der Waals surface area contributed by atoms with Crippen LogP contribution in [0.3, 0.4) is 0 Å². The Balaban J connectivity index is 2.75. The molecule has 0 spiro atoms. The highest BCUT2D eigenvalue weighted by Gasteiger charge is 2.14. The molecular weight excluding hydrogens is 258 g/mol. The number of aliphatic hydroxyl groups excluding tert-OH is 1. The van der Waals surface area contributed by atoms with Crippen LogP contribution in [0.1, 0.15) is 30.7 Å². The minimum Gasteiger partial charge on any atom is -0.384 e. The van der Waals surface area contributed by atoms with Crippen LogP contribution >= 0.6 is 11.3 Å². The van der Waals surface area contributed by atoms with Crippen molar-refractivity contribution in [1.82, 2.24) is 4.90 Å². The third kappa shape index (κ3) is 5.33. The zero-order valence-corrected chi connectivity index (χ0v) is 12.8. The molecule has 0 bridgehead atoms. The molecule has 1 aromatic heterocycles. The minimum absolute atomic E-state index is 0.0892. The van der Waals surface area contributed by atoms with Crippen molar-refractivity contribution in [2.45, 2.75) is 32.9 Å². The van der Waals surface area contributed by atoms with Gasteiger partial charge in [0.25, 0.3) is 0 Å². The summed E-state index contributed by atoms with van der Waals surface area (Å²) in [4.78, 5) is 3.68. The molecule has 0 amide bonds. The van der Waals surface area contributed by atoms with Crippen LogP contribution in [0.2, 0.25) is 0 Å². The van der Waals surface area contributed by atoms with Crippen LogP contribution in [0.5, 0.6) is 0 Å². The summed E-state index contributed by atoms with van der Waals surface area (Å²) in [6.07, 6.45) is 1.12. The van der Waals surface area contributed by atoms with Gasteiger partial charge in [-0.3, -0.25) is 4.90 Å². The zero-order chi connectivity index (χ0) is 14.1. The number of methoxy groups -OCH3 is 1. The molecule has 0 fully saturated rings. The van der Waals surface area contributed by atoms with Crippen LogP contribution in [0.4, 0.5) is 0 Å². The van der Waals surface area contributed by atoms with E-state index in [2.05, 4.69) is 36.0 Å². The third-order valence-electron chi connectivity index (χ3n) is 3.19. The van der Waals surface area contributed by atoms with E-state index in [1.807, 2.05) is 6.07 Å². The summed E-state index contributed by atoms with van der Waals surface area (Å²) in [7, 11) is 1.73. The Labute approximate surface area is 120 Å². The topological polar surface area (TPSA) is 32.7 Å². The van der Waals surface area contributed by atoms with Gasteiger partial charge in [-0.1, -0.05) is 18.8 Å². The molecule has 0 aliphatic carbocycles. The largest absolute Gasteiger partial charge is 0.384 e. The van der Waals surface area contributed by atoms with Crippen LogP contribution in [-0.4, -0.2) is 42.9 Å². The average Bonchev–Trinajstić information content (AvgIpc) is 2.87. The summed E-state index contributed by atoms with van der Waals surface area (Å²) >= 11 is 1.72. The fourth-order valence-electron chi connectivity index (χ4n) is 1.82. The van der Waals surface area contributed by atoms with Crippen molar-refractivity contribution in [2.24, 2.45) is 0 Å². The second-order valence-corrected chi connectivity index (χ2v) is 5.44. The third-order valence-corrected chi connectivity index (χ3v) is 4.10. The van der Waals surface area contributed by atoms with Crippen LogP contribution in [0.15, 0.2) is 11.4 Å². The number of thiophene rings is 1. The molecule has 1 N–H and O–H groups in total. The van der Waals surface area contributed by atoms with Crippen LogP contribution < -0.4 is 0 Å². The fourth-order valence-corrected chi connectivity index (χ4v) is 2.67. The second kappa shape index (κ2) is 9.11. The zero-order valence-electron chi connectivity index (χ0n) is 12.0. The van der Waals surface area contributed by atoms with Crippen molar-refractivity contribution in [3.63, 3.8) is 0 Å². The summed E-state index contributed by atoms with van der Waals surface area (Å²) < 4.78 is 5.18. The van der Waals surface area contributed by atoms with E-state index in [9.17, 15) is 0 Å². The predicted octanol–water partition coefficient (Wildman–Crippen LogP) is 2.34. The van der Waals surface area contributed by atoms with Crippen molar-refractivity contribution in [3.8, 4) is 11.8 Å². The van der Waals surface area contributed by atoms with Gasteiger partial charge >= 0.3 is 0 Å². The number of nitrogens with zero attached hydrogens (tertiary/aromatic N) is 1. The van der Waals surface area contributed by atoms with Crippen LogP contribution in [0.25, 0.3) is 0 Å². The quantitative estimate of drug-likeness (QED) is 0.779. The van der Waals surface area contributed by atoms with Crippen LogP contribution in [-0.2, 0) is 11.3 Å². The van der Waals surface area contributed by atoms with Crippen molar-refractivity contribution >= 4 is 11.3 Å². The molecule has 0 aliphatic rings. The first-order valence-electron chi connectivity index (χ1n) is 6.62. The Morgan fingerprint density at radius 1 is 1.53 bits per heavy atom. The van der Waals surface area contributed by atoms with Gasteiger partial charge in [0.2, 0.25) is 0 Å². The van der Waals surface area contributed by atoms with Crippen molar-refractivity contribution in [2.75, 3.05) is 26.9 Å². The highest BCUT2D eigenvalue weighted by Crippen LogP contribution is 2.20. The lowest BCUT2D eigenvalue weighted by Gasteiger charge is -2.27. The molecule has 0 aliphatic heterocycles. The maximum Gasteiger partial charge on any atom is 0.104 e. The Morgan fingerprint density at radius 2 is 2.32 bits per heavy atom. The van der Waals surface area contributed by atoms with Gasteiger partial charge in [-0.15, -0.1) is 11.3 Å². The fraction of sp³-hybridized carbons (Fsp3) is 0.600. The van der Waals surface area contributed by atoms with Gasteiger partial charge in [-0.25, -0.2) is 0 Å². The molecule has 1 heterocycles. The molecule has 0 radical (unpaired) electrons. The van der Waals surface area contributed by atoms with E-state index in [0.29, 0.717) is 6.04 Å². The molecule has 3 nitrogen and oxygen atoms in total. The van der Waals surface area contributed by atoms with Gasteiger partial charge < -0.3 is 9.84 Å². The summed E-state index contributed by atoms with van der Waals surface area (Å²) in [5, 5.41) is 10.8. The first-order valence-corrected chi connectivity index (χ1v) is 7.50. The van der Waals surface area contributed by atoms with Crippen molar-refractivity contribution in [3.05, 3.63) is 21.9 Å². The van der Waals surface area contributed by atoms with Gasteiger partial charge in [-0.05, 0) is 24.8 Å². The van der Waals surface area contributed by atoms with Gasteiger partial charge in [0.15, 0.2) is 0 Å². The molecule has 19 heavy (non-hydrogen) atoms. The molecule has 4 heteroatoms. The maximum absolute atomic E-state index is 8.78. The molecule has 1 rings (SSSR count). The molecule has 1 unspecified atom stereocenters. The molecule has 0 saturated carbocycles. The minimum atomic E-state index is -0.0892. The lowest BCUT2D eigenvalue weighted by atomic mass is 10.2. The number of hydrogen-bond acceptors (Lipinski definition) is 4. The van der Waals surface area contributed by atoms with Gasteiger partial charge in [0.1, 0.15) is 6.61 Å². The Hall–Kier alpha value is -0.860. The van der Waals surface area contributed by atoms with Gasteiger partial charge in [0, 0.05) is 36.7 Å². The number of rotatable bonds is 7. The van der Waals surface area contributed by atoms with Gasteiger partial charge in [0.05, 0.1) is 6.61 Å². The maximum atomic E-state index is 8.78. The molecule has 1 aromatic rings. The molecule has 0 aromatic carbocycles. The number of ether oxygens (including phenoxy) is 1. The highest BCUT2D eigenvalue weighted by atomic mass is 32.1. The van der Waals surface area contributed by atoms with E-state index < -0.39 is 0 Å². The van der Waals surface area contributed by atoms with E-state index in [0.717, 1.165) is 31.7 Å². The predicted molar refractivity (Wildman–Crippen MR) is 80.3 cm³/mol. The van der Waals surface area contributed by atoms with Crippen LogP contribution in [0, 0.1) is 11.8 Å². The number of aliphatic hydroxyl groups is 1. The summed E-state index contributed by atoms with van der Waals surface area (Å²) in [5.74, 6) is 5.73. The lowest BCUT2D eigenvalue weighted by molar-refractivity contribution is 0.118. The highest BCUT2D eigenvalue weighted by molar-refractivity contribution is 7.10. The second-order valence-electron chi connectivity index (χ2n) is 4.44. The van der Waals surface area contributed by atoms with E-state index in [-0.39, 0.29) is 6.61 Å². The smallest absolute Gasteiger partial charge is 0.104 e. The first-order chi connectivity index (χ1) is 9.22. The average molecular weight is 281 g/mol. The first kappa shape index (κ1) is 16.2. The Kier molecular flexibility index (Phi) is 7.76. The molecule has 106 valence electrons. The number of hydrogen-bond donors (Lipinski definition) is 1. The SMILES string of the molecule is CCC(C)N(CCOC)Cc1sccc1C#CCO. The summed E-state index contributed by atoms with van der Waals surface area (Å²) in [6.45, 7) is 6.91. The summed E-state index contributed by atoms with van der Waals surface area (Å²) in [5.41, 5.74) is 1.03. The monoisotopic (exact) mass is 281 g/mol. The standard InChI is InChI=1S/C15H23NO2S/c1-4-13(2)16(8-10-18-3)12-15-14(6-5-9-17)7-11-19-15/h7,11,13,17H,4,8-10,12H2,1-3H3.